The van der Waals surface area contributed by atoms with Gasteiger partial charge in [0.05, 0.1) is 0 Å². The molecule has 1 aliphatic carbocycles. The Hall–Kier alpha value is -2.31. The zero-order valence-electron chi connectivity index (χ0n) is 13.2. The quantitative estimate of drug-likeness (QED) is 0.851. The molecule has 1 unspecified atom stereocenters. The van der Waals surface area contributed by atoms with E-state index in [0.717, 1.165) is 25.7 Å². The number of carbonyl (C=O) groups is 2. The summed E-state index contributed by atoms with van der Waals surface area (Å²) >= 11 is 0. The van der Waals surface area contributed by atoms with Crippen molar-refractivity contribution in [1.29, 1.82) is 0 Å². The van der Waals surface area contributed by atoms with E-state index in [4.69, 9.17) is 15.2 Å². The van der Waals surface area contributed by atoms with Crippen molar-refractivity contribution in [2.75, 3.05) is 17.2 Å². The van der Waals surface area contributed by atoms with Gasteiger partial charge in [-0.1, -0.05) is 6.42 Å². The van der Waals surface area contributed by atoms with Gasteiger partial charge in [0, 0.05) is 0 Å². The molecule has 2 N–H and O–H groups in total. The van der Waals surface area contributed by atoms with Crippen LogP contribution in [0.5, 0.6) is 5.75 Å². The maximum Gasteiger partial charge on any atom is 0.329 e. The van der Waals surface area contributed by atoms with Gasteiger partial charge in [0.25, 0.3) is 5.91 Å². The first kappa shape index (κ1) is 15.6. The van der Waals surface area contributed by atoms with Crippen LogP contribution in [0.1, 0.15) is 39.0 Å². The molecule has 23 heavy (non-hydrogen) atoms. The molecular formula is C16H21N3O4. The van der Waals surface area contributed by atoms with Gasteiger partial charge in [0.1, 0.15) is 18.0 Å². The van der Waals surface area contributed by atoms with Crippen molar-refractivity contribution in [3.8, 4) is 5.75 Å². The molecule has 1 aromatic rings. The minimum atomic E-state index is -0.763. The lowest BCUT2D eigenvalue weighted by molar-refractivity contribution is -0.152. The lowest BCUT2D eigenvalue weighted by Crippen LogP contribution is -2.49. The Morgan fingerprint density at radius 2 is 2.13 bits per heavy atom. The van der Waals surface area contributed by atoms with Crippen molar-refractivity contribution < 1.29 is 19.1 Å². The van der Waals surface area contributed by atoms with E-state index in [1.54, 1.807) is 19.1 Å². The molecule has 2 heterocycles. The van der Waals surface area contributed by atoms with Crippen LogP contribution in [0.3, 0.4) is 0 Å². The molecule has 0 saturated heterocycles. The van der Waals surface area contributed by atoms with Crippen molar-refractivity contribution in [3.05, 3.63) is 12.1 Å². The SMILES string of the molecule is CC(C(=O)OC1CCCCC1)N1C(=O)COc2ccc(N)nc21. The zero-order valence-corrected chi connectivity index (χ0v) is 13.2. The van der Waals surface area contributed by atoms with Gasteiger partial charge in [0.2, 0.25) is 0 Å². The molecule has 2 aliphatic rings. The highest BCUT2D eigenvalue weighted by molar-refractivity contribution is 6.02. The van der Waals surface area contributed by atoms with Crippen molar-refractivity contribution in [2.45, 2.75) is 51.2 Å². The first-order valence-corrected chi connectivity index (χ1v) is 7.98. The van der Waals surface area contributed by atoms with Crippen molar-refractivity contribution in [1.82, 2.24) is 4.98 Å². The minimum absolute atomic E-state index is 0.0527. The Labute approximate surface area is 134 Å². The van der Waals surface area contributed by atoms with E-state index in [9.17, 15) is 9.59 Å². The van der Waals surface area contributed by atoms with E-state index in [0.29, 0.717) is 5.75 Å². The van der Waals surface area contributed by atoms with Crippen LogP contribution in [-0.2, 0) is 14.3 Å². The number of fused-ring (bicyclic) bond motifs is 1. The zero-order chi connectivity index (χ0) is 16.4. The maximum absolute atomic E-state index is 12.4. The van der Waals surface area contributed by atoms with Crippen LogP contribution in [0.2, 0.25) is 0 Å². The van der Waals surface area contributed by atoms with Crippen LogP contribution < -0.4 is 15.4 Å². The first-order chi connectivity index (χ1) is 11.1. The number of nitrogens with two attached hydrogens (primary N) is 1. The highest BCUT2D eigenvalue weighted by Gasteiger charge is 2.36. The maximum atomic E-state index is 12.4. The lowest BCUT2D eigenvalue weighted by atomic mass is 9.98. The average molecular weight is 319 g/mol. The van der Waals surface area contributed by atoms with Crippen LogP contribution in [0.4, 0.5) is 11.6 Å². The largest absolute Gasteiger partial charge is 0.480 e. The fourth-order valence-corrected chi connectivity index (χ4v) is 3.01. The van der Waals surface area contributed by atoms with Crippen LogP contribution >= 0.6 is 0 Å². The number of hydrogen-bond donors (Lipinski definition) is 1. The molecular weight excluding hydrogens is 298 g/mol. The predicted molar refractivity (Wildman–Crippen MR) is 84.1 cm³/mol. The molecule has 0 bridgehead atoms. The lowest BCUT2D eigenvalue weighted by Gasteiger charge is -2.33. The number of amides is 1. The summed E-state index contributed by atoms with van der Waals surface area (Å²) in [5.74, 6) is 0.233. The van der Waals surface area contributed by atoms with Gasteiger partial charge < -0.3 is 15.2 Å². The summed E-state index contributed by atoms with van der Waals surface area (Å²) in [4.78, 5) is 30.1. The second kappa shape index (κ2) is 6.44. The third-order valence-electron chi connectivity index (χ3n) is 4.27. The standard InChI is InChI=1S/C16H21N3O4/c1-10(16(21)23-11-5-3-2-4-6-11)19-14(20)9-22-12-7-8-13(17)18-15(12)19/h7-8,10-11H,2-6,9H2,1H3,(H2,17,18). The van der Waals surface area contributed by atoms with Gasteiger partial charge in [-0.05, 0) is 44.7 Å². The molecule has 0 spiro atoms. The predicted octanol–water partition coefficient (Wildman–Crippen LogP) is 1.65. The molecule has 1 aliphatic heterocycles. The Bertz CT molecular complexity index is 613. The first-order valence-electron chi connectivity index (χ1n) is 7.98. The summed E-state index contributed by atoms with van der Waals surface area (Å²) in [5, 5.41) is 0. The second-order valence-corrected chi connectivity index (χ2v) is 5.98. The number of aromatic nitrogens is 1. The molecule has 0 radical (unpaired) electrons. The summed E-state index contributed by atoms with van der Waals surface area (Å²) in [6.45, 7) is 1.52. The molecule has 0 aromatic carbocycles. The normalized spacial score (nSPS) is 19.7. The third kappa shape index (κ3) is 3.23. The Balaban J connectivity index is 1.78. The van der Waals surface area contributed by atoms with Gasteiger partial charge in [0.15, 0.2) is 18.2 Å². The minimum Gasteiger partial charge on any atom is -0.480 e. The summed E-state index contributed by atoms with van der Waals surface area (Å²) in [6.07, 6.45) is 5.05. The molecule has 1 atom stereocenters. The monoisotopic (exact) mass is 319 g/mol. The molecule has 7 nitrogen and oxygen atoms in total. The Morgan fingerprint density at radius 3 is 2.87 bits per heavy atom. The number of nitrogen functional groups attached to an aromatic ring is 1. The summed E-state index contributed by atoms with van der Waals surface area (Å²) in [7, 11) is 0. The molecule has 3 rings (SSSR count). The topological polar surface area (TPSA) is 94.8 Å². The fourth-order valence-electron chi connectivity index (χ4n) is 3.01. The van der Waals surface area contributed by atoms with Crippen LogP contribution in [0.25, 0.3) is 0 Å². The molecule has 1 amide bonds. The smallest absolute Gasteiger partial charge is 0.329 e. The van der Waals surface area contributed by atoms with E-state index in [1.807, 2.05) is 0 Å². The summed E-state index contributed by atoms with van der Waals surface area (Å²) < 4.78 is 10.9. The Kier molecular flexibility index (Phi) is 4.36. The van der Waals surface area contributed by atoms with Gasteiger partial charge in [-0.3, -0.25) is 9.69 Å². The van der Waals surface area contributed by atoms with E-state index >= 15 is 0 Å². The number of hydrogen-bond acceptors (Lipinski definition) is 6. The Morgan fingerprint density at radius 1 is 1.39 bits per heavy atom. The van der Waals surface area contributed by atoms with Crippen LogP contribution in [0, 0.1) is 0 Å². The van der Waals surface area contributed by atoms with Gasteiger partial charge in [-0.2, -0.15) is 0 Å². The molecule has 1 aromatic heterocycles. The van der Waals surface area contributed by atoms with Gasteiger partial charge >= 0.3 is 5.97 Å². The summed E-state index contributed by atoms with van der Waals surface area (Å²) in [5.41, 5.74) is 5.69. The number of anilines is 2. The fraction of sp³-hybridized carbons (Fsp3) is 0.562. The number of ether oxygens (including phenoxy) is 2. The second-order valence-electron chi connectivity index (χ2n) is 5.98. The van der Waals surface area contributed by atoms with Crippen molar-refractivity contribution in [3.63, 3.8) is 0 Å². The van der Waals surface area contributed by atoms with E-state index < -0.39 is 12.0 Å². The molecule has 7 heteroatoms. The molecule has 1 saturated carbocycles. The van der Waals surface area contributed by atoms with E-state index in [2.05, 4.69) is 4.98 Å². The molecule has 1 fully saturated rings. The van der Waals surface area contributed by atoms with Crippen LogP contribution in [0.15, 0.2) is 12.1 Å². The summed E-state index contributed by atoms with van der Waals surface area (Å²) in [6, 6.07) is 2.48. The van der Waals surface area contributed by atoms with Crippen molar-refractivity contribution >= 4 is 23.5 Å². The number of nitrogens with zero attached hydrogens (tertiary/aromatic N) is 2. The number of rotatable bonds is 3. The molecule has 124 valence electrons. The number of esters is 1. The van der Waals surface area contributed by atoms with Gasteiger partial charge in [-0.15, -0.1) is 0 Å². The average Bonchev–Trinajstić information content (AvgIpc) is 2.55. The number of pyridine rings is 1. The van der Waals surface area contributed by atoms with E-state index in [-0.39, 0.29) is 30.3 Å². The van der Waals surface area contributed by atoms with E-state index in [1.165, 1.54) is 11.3 Å². The van der Waals surface area contributed by atoms with Crippen LogP contribution in [-0.4, -0.2) is 35.6 Å². The van der Waals surface area contributed by atoms with Crippen molar-refractivity contribution in [2.24, 2.45) is 0 Å². The number of carbonyl (C=O) groups excluding carboxylic acids is 2. The third-order valence-corrected chi connectivity index (χ3v) is 4.27. The van der Waals surface area contributed by atoms with Gasteiger partial charge in [-0.25, -0.2) is 9.78 Å². The highest BCUT2D eigenvalue weighted by Crippen LogP contribution is 2.32. The highest BCUT2D eigenvalue weighted by atomic mass is 16.5.